The number of nitrogens with one attached hydrogen (secondary N) is 1. The molecule has 0 atom stereocenters. The molecule has 1 amide bonds. The van der Waals surface area contributed by atoms with Crippen LogP contribution in [0, 0.1) is 0 Å². The van der Waals surface area contributed by atoms with Crippen LogP contribution in [0.2, 0.25) is 0 Å². The summed E-state index contributed by atoms with van der Waals surface area (Å²) in [5.41, 5.74) is 1.75. The maximum Gasteiger partial charge on any atom is 0.221 e. The highest BCUT2D eigenvalue weighted by atomic mass is 16.1. The average molecular weight is 133 g/mol. The first-order chi connectivity index (χ1) is 4.18. The zero-order valence-electron chi connectivity index (χ0n) is 6.22. The Kier molecular flexibility index (Phi) is 13.0. The van der Waals surface area contributed by atoms with E-state index < -0.39 is 0 Å². The van der Waals surface area contributed by atoms with Crippen molar-refractivity contribution >= 4 is 6.41 Å². The second kappa shape index (κ2) is 10.4. The molecule has 0 aliphatic carbocycles. The van der Waals surface area contributed by atoms with Gasteiger partial charge in [0.2, 0.25) is 6.41 Å². The van der Waals surface area contributed by atoms with Crippen molar-refractivity contribution in [1.29, 1.82) is 0 Å². The molecule has 9 heavy (non-hydrogen) atoms. The van der Waals surface area contributed by atoms with Crippen LogP contribution in [0.5, 0.6) is 0 Å². The molecule has 0 aliphatic heterocycles. The van der Waals surface area contributed by atoms with Gasteiger partial charge in [0, 0.05) is 0 Å². The quantitative estimate of drug-likeness (QED) is 0.224. The molecular formula is C5H15N3O. The molecule has 56 valence electrons. The van der Waals surface area contributed by atoms with Gasteiger partial charge in [0.25, 0.3) is 0 Å². The van der Waals surface area contributed by atoms with Gasteiger partial charge in [-0.05, 0) is 20.6 Å². The van der Waals surface area contributed by atoms with Crippen LogP contribution in [0.4, 0.5) is 0 Å². The minimum absolute atomic E-state index is 0.403. The molecule has 4 heteroatoms. The van der Waals surface area contributed by atoms with Crippen molar-refractivity contribution in [3.05, 3.63) is 0 Å². The number of nitrogens with zero attached hydrogens (tertiary/aromatic N) is 1. The topological polar surface area (TPSA) is 58.4 Å². The Morgan fingerprint density at radius 2 is 1.89 bits per heavy atom. The van der Waals surface area contributed by atoms with Crippen LogP contribution in [-0.2, 0) is 4.79 Å². The van der Waals surface area contributed by atoms with Crippen LogP contribution < -0.4 is 11.3 Å². The van der Waals surface area contributed by atoms with E-state index in [4.69, 9.17) is 4.79 Å². The lowest BCUT2D eigenvalue weighted by Crippen LogP contribution is -2.18. The molecule has 0 aliphatic rings. The Morgan fingerprint density at radius 3 is 1.89 bits per heavy atom. The van der Waals surface area contributed by atoms with Crippen LogP contribution in [0.15, 0.2) is 0 Å². The first-order valence-electron chi connectivity index (χ1n) is 2.73. The van der Waals surface area contributed by atoms with E-state index in [0.717, 1.165) is 6.54 Å². The van der Waals surface area contributed by atoms with Crippen LogP contribution in [0.3, 0.4) is 0 Å². The highest BCUT2D eigenvalue weighted by Crippen LogP contribution is 1.63. The second-order valence-corrected chi connectivity index (χ2v) is 1.68. The van der Waals surface area contributed by atoms with Crippen molar-refractivity contribution in [2.24, 2.45) is 5.84 Å². The molecule has 0 radical (unpaired) electrons. The van der Waals surface area contributed by atoms with Gasteiger partial charge in [-0.3, -0.25) is 10.2 Å². The third-order valence-electron chi connectivity index (χ3n) is 0.700. The molecule has 0 saturated carbocycles. The number of hydrogen-bond donors (Lipinski definition) is 2. The van der Waals surface area contributed by atoms with Gasteiger partial charge in [-0.2, -0.15) is 0 Å². The molecule has 0 fully saturated rings. The van der Waals surface area contributed by atoms with Crippen LogP contribution in [0.1, 0.15) is 6.92 Å². The number of hydrazine groups is 1. The molecule has 0 aromatic heterocycles. The third kappa shape index (κ3) is 37.6. The van der Waals surface area contributed by atoms with Gasteiger partial charge in [0.05, 0.1) is 0 Å². The fourth-order valence-corrected chi connectivity index (χ4v) is 0. The van der Waals surface area contributed by atoms with Crippen molar-refractivity contribution in [3.63, 3.8) is 0 Å². The summed E-state index contributed by atoms with van der Waals surface area (Å²) in [5.74, 6) is 4.41. The Labute approximate surface area is 56.0 Å². The summed E-state index contributed by atoms with van der Waals surface area (Å²) in [5, 5.41) is 0. The van der Waals surface area contributed by atoms with E-state index in [2.05, 4.69) is 31.8 Å². The van der Waals surface area contributed by atoms with Gasteiger partial charge in [-0.25, -0.2) is 5.84 Å². The Balaban J connectivity index is 0. The van der Waals surface area contributed by atoms with E-state index in [-0.39, 0.29) is 0 Å². The van der Waals surface area contributed by atoms with E-state index in [1.165, 1.54) is 0 Å². The third-order valence-corrected chi connectivity index (χ3v) is 0.700. The summed E-state index contributed by atoms with van der Waals surface area (Å²) in [6.45, 7) is 3.26. The molecule has 0 aromatic carbocycles. The minimum atomic E-state index is 0.403. The summed E-state index contributed by atoms with van der Waals surface area (Å²) in [4.78, 5) is 11.1. The summed E-state index contributed by atoms with van der Waals surface area (Å²) in [6, 6.07) is 0. The van der Waals surface area contributed by atoms with Crippen molar-refractivity contribution in [2.75, 3.05) is 20.6 Å². The summed E-state index contributed by atoms with van der Waals surface area (Å²) in [7, 11) is 4.11. The number of carbonyl (C=O) groups is 1. The molecule has 0 spiro atoms. The standard InChI is InChI=1S/C4H11N.CH4N2O/c1-4-5(2)3;2-3-1-4/h4H2,1-3H3;1H,2H2,(H,3,4). The minimum Gasteiger partial charge on any atom is -0.310 e. The molecule has 0 heterocycles. The van der Waals surface area contributed by atoms with Gasteiger partial charge >= 0.3 is 0 Å². The molecule has 0 bridgehead atoms. The maximum absolute atomic E-state index is 8.94. The predicted molar refractivity (Wildman–Crippen MR) is 37.6 cm³/mol. The summed E-state index contributed by atoms with van der Waals surface area (Å²) in [6.07, 6.45) is 0.403. The molecule has 0 saturated heterocycles. The van der Waals surface area contributed by atoms with Crippen molar-refractivity contribution in [3.8, 4) is 0 Å². The fourth-order valence-electron chi connectivity index (χ4n) is 0. The highest BCUT2D eigenvalue weighted by molar-refractivity contribution is 5.44. The first-order valence-corrected chi connectivity index (χ1v) is 2.73. The van der Waals surface area contributed by atoms with Crippen LogP contribution >= 0.6 is 0 Å². The monoisotopic (exact) mass is 133 g/mol. The Hall–Kier alpha value is -0.610. The van der Waals surface area contributed by atoms with Crippen molar-refractivity contribution in [2.45, 2.75) is 6.92 Å². The number of amides is 1. The number of hydrogen-bond acceptors (Lipinski definition) is 3. The molecule has 0 rings (SSSR count). The predicted octanol–water partition coefficient (Wildman–Crippen LogP) is -0.826. The van der Waals surface area contributed by atoms with Gasteiger partial charge in [-0.15, -0.1) is 0 Å². The maximum atomic E-state index is 8.94. The molecular weight excluding hydrogens is 118 g/mol. The van der Waals surface area contributed by atoms with Gasteiger partial charge < -0.3 is 4.90 Å². The zero-order valence-corrected chi connectivity index (χ0v) is 6.22. The van der Waals surface area contributed by atoms with Crippen molar-refractivity contribution < 1.29 is 4.79 Å². The van der Waals surface area contributed by atoms with E-state index in [0.29, 0.717) is 6.41 Å². The molecule has 3 N–H and O–H groups in total. The summed E-state index contributed by atoms with van der Waals surface area (Å²) < 4.78 is 0. The summed E-state index contributed by atoms with van der Waals surface area (Å²) >= 11 is 0. The van der Waals surface area contributed by atoms with Crippen LogP contribution in [0.25, 0.3) is 0 Å². The lowest BCUT2D eigenvalue weighted by Gasteiger charge is -2.00. The lowest BCUT2D eigenvalue weighted by atomic mass is 10.7. The van der Waals surface area contributed by atoms with Gasteiger partial charge in [0.15, 0.2) is 0 Å². The SMILES string of the molecule is CCN(C)C.NNC=O. The van der Waals surface area contributed by atoms with Gasteiger partial charge in [-0.1, -0.05) is 6.92 Å². The number of rotatable bonds is 2. The Morgan fingerprint density at radius 1 is 1.67 bits per heavy atom. The molecule has 4 nitrogen and oxygen atoms in total. The first kappa shape index (κ1) is 11.2. The Bertz CT molecular complexity index is 56.2. The van der Waals surface area contributed by atoms with Gasteiger partial charge in [0.1, 0.15) is 0 Å². The molecule has 0 unspecified atom stereocenters. The zero-order chi connectivity index (χ0) is 7.70. The molecule has 0 aromatic rings. The number of nitrogens with two attached hydrogens (primary N) is 1. The van der Waals surface area contributed by atoms with Crippen molar-refractivity contribution in [1.82, 2.24) is 10.3 Å². The second-order valence-electron chi connectivity index (χ2n) is 1.68. The smallest absolute Gasteiger partial charge is 0.221 e. The van der Waals surface area contributed by atoms with E-state index >= 15 is 0 Å². The average Bonchev–Trinajstić information content (AvgIpc) is 1.89. The van der Waals surface area contributed by atoms with E-state index in [9.17, 15) is 0 Å². The normalized spacial score (nSPS) is 7.67. The highest BCUT2D eigenvalue weighted by Gasteiger charge is 1.72. The van der Waals surface area contributed by atoms with Crippen LogP contribution in [-0.4, -0.2) is 32.0 Å². The van der Waals surface area contributed by atoms with E-state index in [1.807, 2.05) is 0 Å². The largest absolute Gasteiger partial charge is 0.310 e. The van der Waals surface area contributed by atoms with E-state index in [1.54, 1.807) is 5.43 Å². The number of carbonyl (C=O) groups excluding carboxylic acids is 1. The fraction of sp³-hybridized carbons (Fsp3) is 0.800. The lowest BCUT2D eigenvalue weighted by molar-refractivity contribution is -0.109.